The lowest BCUT2D eigenvalue weighted by molar-refractivity contribution is 0.0966. The summed E-state index contributed by atoms with van der Waals surface area (Å²) in [7, 11) is 0. The zero-order valence-electron chi connectivity index (χ0n) is 8.14. The lowest BCUT2D eigenvalue weighted by Crippen LogP contribution is -2.69. The molecule has 0 aliphatic carbocycles. The predicted octanol–water partition coefficient (Wildman–Crippen LogP) is -3.21. The van der Waals surface area contributed by atoms with Gasteiger partial charge in [0.05, 0.1) is 0 Å². The summed E-state index contributed by atoms with van der Waals surface area (Å²) < 4.78 is 0. The van der Waals surface area contributed by atoms with Gasteiger partial charge in [-0.25, -0.2) is 0 Å². The van der Waals surface area contributed by atoms with Crippen LogP contribution >= 0.6 is 0 Å². The highest BCUT2D eigenvalue weighted by molar-refractivity contribution is 4.72. The van der Waals surface area contributed by atoms with Gasteiger partial charge in [0, 0.05) is 13.2 Å². The summed E-state index contributed by atoms with van der Waals surface area (Å²) in [6.07, 6.45) is -1.37. The molecule has 0 aliphatic heterocycles. The Hall–Kier alpha value is -0.280. The maximum absolute atomic E-state index is 8.29. The molecule has 0 amide bonds. The Morgan fingerprint density at radius 2 is 1.15 bits per heavy atom. The summed E-state index contributed by atoms with van der Waals surface area (Å²) in [5.74, 6) is -1.67. The van der Waals surface area contributed by atoms with Crippen LogP contribution < -0.4 is 22.9 Å². The highest BCUT2D eigenvalue weighted by Gasteiger charge is 2.18. The fraction of sp³-hybridized carbons (Fsp3) is 1.00. The molecule has 13 heavy (non-hydrogen) atoms. The van der Waals surface area contributed by atoms with E-state index in [1.165, 1.54) is 0 Å². The molecule has 0 radical (unpaired) electrons. The van der Waals surface area contributed by atoms with Crippen LogP contribution in [0.3, 0.4) is 0 Å². The van der Waals surface area contributed by atoms with Crippen molar-refractivity contribution in [3.63, 3.8) is 0 Å². The molecular formula is C6H22N4O3. The molecule has 0 aliphatic rings. The van der Waals surface area contributed by atoms with Gasteiger partial charge < -0.3 is 21.1 Å². The molecule has 0 aromatic carbocycles. The van der Waals surface area contributed by atoms with Crippen LogP contribution in [0, 0.1) is 0 Å². The Labute approximate surface area is 78.3 Å². The second-order valence-corrected chi connectivity index (χ2v) is 2.08. The van der Waals surface area contributed by atoms with Crippen LogP contribution in [0.25, 0.3) is 0 Å². The van der Waals surface area contributed by atoms with Crippen LogP contribution in [0.1, 0.15) is 13.8 Å². The van der Waals surface area contributed by atoms with E-state index in [0.29, 0.717) is 0 Å². The highest BCUT2D eigenvalue weighted by Crippen LogP contribution is 1.77. The summed E-state index contributed by atoms with van der Waals surface area (Å²) in [6.45, 7) is 3.86. The van der Waals surface area contributed by atoms with Crippen LogP contribution in [-0.2, 0) is 0 Å². The summed E-state index contributed by atoms with van der Waals surface area (Å²) in [5.41, 5.74) is 19.3. The van der Waals surface area contributed by atoms with E-state index < -0.39 is 12.0 Å². The average molecular weight is 198 g/mol. The monoisotopic (exact) mass is 198 g/mol. The minimum Gasteiger partial charge on any atom is -0.397 e. The molecule has 0 heterocycles. The minimum absolute atomic E-state index is 0.250. The molecule has 0 fully saturated rings. The lowest BCUT2D eigenvalue weighted by Gasteiger charge is -2.20. The van der Waals surface area contributed by atoms with E-state index in [4.69, 9.17) is 38.3 Å². The van der Waals surface area contributed by atoms with E-state index >= 15 is 0 Å². The number of aliphatic hydroxyl groups excluding tert-OH is 3. The van der Waals surface area contributed by atoms with Crippen LogP contribution in [0.5, 0.6) is 0 Å². The molecule has 0 aromatic heterocycles. The van der Waals surface area contributed by atoms with E-state index in [2.05, 4.69) is 0 Å². The number of hydrogen-bond donors (Lipinski definition) is 7. The maximum Gasteiger partial charge on any atom is 0.156 e. The van der Waals surface area contributed by atoms with Gasteiger partial charge in [-0.1, -0.05) is 0 Å². The molecule has 7 nitrogen and oxygen atoms in total. The van der Waals surface area contributed by atoms with E-state index in [0.717, 1.165) is 0 Å². The Morgan fingerprint density at radius 1 is 1.08 bits per heavy atom. The summed E-state index contributed by atoms with van der Waals surface area (Å²) >= 11 is 0. The van der Waals surface area contributed by atoms with Gasteiger partial charge in [0.15, 0.2) is 5.79 Å². The van der Waals surface area contributed by atoms with Gasteiger partial charge in [0.25, 0.3) is 0 Å². The zero-order valence-corrected chi connectivity index (χ0v) is 8.14. The molecule has 1 unspecified atom stereocenters. The van der Waals surface area contributed by atoms with Gasteiger partial charge in [-0.3, -0.25) is 17.2 Å². The first kappa shape index (κ1) is 18.5. The fourth-order valence-corrected chi connectivity index (χ4v) is 0. The standard InChI is InChI=1S/C2H10N4O.2C2H6O/c3-1(7)2(4,5)6;2*1-2-3/h1,7H,3-6H2;2*3H,2H2,1H3. The summed E-state index contributed by atoms with van der Waals surface area (Å²) in [4.78, 5) is 0. The van der Waals surface area contributed by atoms with E-state index in [-0.39, 0.29) is 13.2 Å². The van der Waals surface area contributed by atoms with Gasteiger partial charge in [-0.15, -0.1) is 0 Å². The van der Waals surface area contributed by atoms with Crippen molar-refractivity contribution in [2.45, 2.75) is 25.9 Å². The molecule has 7 heteroatoms. The molecule has 0 rings (SSSR count). The molecule has 84 valence electrons. The largest absolute Gasteiger partial charge is 0.397 e. The van der Waals surface area contributed by atoms with E-state index in [1.807, 2.05) is 0 Å². The first-order valence-electron chi connectivity index (χ1n) is 3.79. The normalized spacial score (nSPS) is 11.8. The van der Waals surface area contributed by atoms with Gasteiger partial charge in [0.2, 0.25) is 0 Å². The Morgan fingerprint density at radius 3 is 1.15 bits per heavy atom. The summed E-state index contributed by atoms with van der Waals surface area (Å²) in [5, 5.41) is 23.4. The third-order valence-electron chi connectivity index (χ3n) is 0.512. The maximum atomic E-state index is 8.29. The quantitative estimate of drug-likeness (QED) is 0.218. The molecule has 0 aromatic rings. The molecule has 0 spiro atoms. The molecule has 0 saturated heterocycles. The average Bonchev–Trinajstić information content (AvgIpc) is 1.88. The molecule has 0 saturated carbocycles. The predicted molar refractivity (Wildman–Crippen MR) is 51.0 cm³/mol. The molecule has 1 atom stereocenters. The number of aliphatic hydroxyl groups is 3. The SMILES string of the molecule is CCO.CCO.NC(O)C(N)(N)N. The third kappa shape index (κ3) is 33.8. The van der Waals surface area contributed by atoms with Crippen molar-refractivity contribution in [1.82, 2.24) is 0 Å². The smallest absolute Gasteiger partial charge is 0.156 e. The van der Waals surface area contributed by atoms with Crippen LogP contribution in [0.2, 0.25) is 0 Å². The van der Waals surface area contributed by atoms with Crippen molar-refractivity contribution in [1.29, 1.82) is 0 Å². The van der Waals surface area contributed by atoms with Crippen molar-refractivity contribution < 1.29 is 15.3 Å². The van der Waals surface area contributed by atoms with E-state index in [1.54, 1.807) is 13.8 Å². The van der Waals surface area contributed by atoms with Gasteiger partial charge >= 0.3 is 0 Å². The van der Waals surface area contributed by atoms with Gasteiger partial charge in [-0.2, -0.15) is 0 Å². The molecular weight excluding hydrogens is 176 g/mol. The minimum atomic E-state index is -1.67. The topological polar surface area (TPSA) is 165 Å². The van der Waals surface area contributed by atoms with Crippen molar-refractivity contribution in [2.24, 2.45) is 22.9 Å². The fourth-order valence-electron chi connectivity index (χ4n) is 0. The Bertz CT molecular complexity index is 82.4. The Kier molecular flexibility index (Phi) is 16.7. The van der Waals surface area contributed by atoms with Crippen molar-refractivity contribution in [2.75, 3.05) is 13.2 Å². The second kappa shape index (κ2) is 11.7. The van der Waals surface area contributed by atoms with E-state index in [9.17, 15) is 0 Å². The number of rotatable bonds is 1. The van der Waals surface area contributed by atoms with Crippen molar-refractivity contribution >= 4 is 0 Å². The second-order valence-electron chi connectivity index (χ2n) is 2.08. The first-order chi connectivity index (χ1) is 5.77. The number of hydrogen-bond acceptors (Lipinski definition) is 7. The first-order valence-corrected chi connectivity index (χ1v) is 3.79. The number of nitrogens with two attached hydrogens (primary N) is 4. The highest BCUT2D eigenvalue weighted by atomic mass is 16.3. The lowest BCUT2D eigenvalue weighted by atomic mass is 10.4. The van der Waals surface area contributed by atoms with Crippen LogP contribution in [0.15, 0.2) is 0 Å². The zero-order chi connectivity index (χ0) is 11.5. The van der Waals surface area contributed by atoms with Crippen LogP contribution in [0.4, 0.5) is 0 Å². The Balaban J connectivity index is -0.000000140. The summed E-state index contributed by atoms with van der Waals surface area (Å²) in [6, 6.07) is 0. The van der Waals surface area contributed by atoms with Gasteiger partial charge in [-0.05, 0) is 13.8 Å². The van der Waals surface area contributed by atoms with Crippen LogP contribution in [-0.4, -0.2) is 40.5 Å². The molecule has 0 bridgehead atoms. The van der Waals surface area contributed by atoms with Crippen molar-refractivity contribution in [3.8, 4) is 0 Å². The van der Waals surface area contributed by atoms with Crippen molar-refractivity contribution in [3.05, 3.63) is 0 Å². The van der Waals surface area contributed by atoms with Gasteiger partial charge in [0.1, 0.15) is 6.23 Å². The third-order valence-corrected chi connectivity index (χ3v) is 0.512. The molecule has 11 N–H and O–H groups in total.